The highest BCUT2D eigenvalue weighted by Crippen LogP contribution is 2.27. The van der Waals surface area contributed by atoms with Crippen LogP contribution in [-0.2, 0) is 0 Å². The lowest BCUT2D eigenvalue weighted by molar-refractivity contribution is 0.303. The number of halogens is 1. The van der Waals surface area contributed by atoms with Gasteiger partial charge in [-0.05, 0) is 25.2 Å². The lowest BCUT2D eigenvalue weighted by Crippen LogP contribution is -2.33. The Hall–Kier alpha value is -1.03. The second-order valence-electron chi connectivity index (χ2n) is 5.04. The summed E-state index contributed by atoms with van der Waals surface area (Å²) in [6.07, 6.45) is 9.25. The summed E-state index contributed by atoms with van der Waals surface area (Å²) in [6.45, 7) is 2.74. The fourth-order valence-corrected chi connectivity index (χ4v) is 2.84. The fourth-order valence-electron chi connectivity index (χ4n) is 2.47. The summed E-state index contributed by atoms with van der Waals surface area (Å²) in [7, 11) is 0. The first-order valence-electron chi connectivity index (χ1n) is 7.10. The van der Waals surface area contributed by atoms with Gasteiger partial charge >= 0.3 is 0 Å². The zero-order valence-electron chi connectivity index (χ0n) is 11.4. The molecule has 1 aromatic heterocycles. The molecule has 2 rings (SSSR count). The van der Waals surface area contributed by atoms with E-state index in [1.54, 1.807) is 12.4 Å². The third-order valence-corrected chi connectivity index (χ3v) is 3.90. The number of anilines is 1. The van der Waals surface area contributed by atoms with Crippen LogP contribution in [0.3, 0.4) is 0 Å². The zero-order valence-corrected chi connectivity index (χ0v) is 12.2. The zero-order chi connectivity index (χ0) is 13.5. The molecule has 0 aromatic carbocycles. The van der Waals surface area contributed by atoms with Crippen molar-refractivity contribution in [2.45, 2.75) is 45.1 Å². The van der Waals surface area contributed by atoms with Crippen molar-refractivity contribution in [2.75, 3.05) is 17.8 Å². The Morgan fingerprint density at radius 3 is 3.00 bits per heavy atom. The van der Waals surface area contributed by atoms with Gasteiger partial charge in [0.2, 0.25) is 5.88 Å². The maximum atomic E-state index is 6.04. The summed E-state index contributed by atoms with van der Waals surface area (Å²) in [4.78, 5) is 8.61. The smallest absolute Gasteiger partial charge is 0.234 e. The summed E-state index contributed by atoms with van der Waals surface area (Å²) in [5.41, 5.74) is 0. The van der Waals surface area contributed by atoms with Gasteiger partial charge in [-0.1, -0.05) is 19.8 Å². The predicted molar refractivity (Wildman–Crippen MR) is 77.9 cm³/mol. The number of nitrogens with one attached hydrogen (secondary N) is 1. The first-order chi connectivity index (χ1) is 9.33. The van der Waals surface area contributed by atoms with Gasteiger partial charge in [0.05, 0.1) is 19.0 Å². The van der Waals surface area contributed by atoms with E-state index in [0.717, 1.165) is 18.7 Å². The van der Waals surface area contributed by atoms with Crippen LogP contribution in [-0.4, -0.2) is 28.5 Å². The molecule has 2 unspecified atom stereocenters. The maximum absolute atomic E-state index is 6.04. The Kier molecular flexibility index (Phi) is 5.70. The van der Waals surface area contributed by atoms with Gasteiger partial charge in [0.25, 0.3) is 0 Å². The van der Waals surface area contributed by atoms with E-state index >= 15 is 0 Å². The average Bonchev–Trinajstić information content (AvgIpc) is 2.46. The van der Waals surface area contributed by atoms with Crippen molar-refractivity contribution in [3.8, 4) is 5.88 Å². The highest BCUT2D eigenvalue weighted by atomic mass is 35.5. The van der Waals surface area contributed by atoms with Crippen LogP contribution in [0.5, 0.6) is 5.88 Å². The molecule has 1 fully saturated rings. The topological polar surface area (TPSA) is 47.0 Å². The van der Waals surface area contributed by atoms with E-state index in [9.17, 15) is 0 Å². The Morgan fingerprint density at radius 1 is 1.37 bits per heavy atom. The first kappa shape index (κ1) is 14.4. The van der Waals surface area contributed by atoms with Gasteiger partial charge in [0.15, 0.2) is 0 Å². The number of nitrogens with zero attached hydrogens (tertiary/aromatic N) is 2. The maximum Gasteiger partial charge on any atom is 0.234 e. The predicted octanol–water partition coefficient (Wildman–Crippen LogP) is 3.47. The molecule has 19 heavy (non-hydrogen) atoms. The lowest BCUT2D eigenvalue weighted by atomic mass is 9.86. The van der Waals surface area contributed by atoms with Gasteiger partial charge in [-0.3, -0.25) is 4.98 Å². The second kappa shape index (κ2) is 7.53. The molecule has 5 heteroatoms. The van der Waals surface area contributed by atoms with Crippen LogP contribution < -0.4 is 10.1 Å². The molecule has 0 saturated heterocycles. The molecular formula is C14H22ClN3O. The third-order valence-electron chi connectivity index (χ3n) is 3.51. The van der Waals surface area contributed by atoms with E-state index in [1.165, 1.54) is 19.3 Å². The molecule has 106 valence electrons. The van der Waals surface area contributed by atoms with Gasteiger partial charge < -0.3 is 10.1 Å². The molecule has 0 bridgehead atoms. The monoisotopic (exact) mass is 283 g/mol. The SMILES string of the molecule is CCCOc1cncc(NC2CCCCC2CCl)n1. The number of hydrogen-bond donors (Lipinski definition) is 1. The number of rotatable bonds is 6. The second-order valence-corrected chi connectivity index (χ2v) is 5.35. The summed E-state index contributed by atoms with van der Waals surface area (Å²) < 4.78 is 5.50. The normalized spacial score (nSPS) is 23.1. The Morgan fingerprint density at radius 2 is 2.21 bits per heavy atom. The Labute approximate surface area is 119 Å². The molecule has 1 aliphatic rings. The van der Waals surface area contributed by atoms with E-state index in [1.807, 2.05) is 0 Å². The van der Waals surface area contributed by atoms with Crippen molar-refractivity contribution in [1.82, 2.24) is 9.97 Å². The minimum Gasteiger partial charge on any atom is -0.477 e. The molecule has 0 amide bonds. The molecule has 0 aliphatic heterocycles. The summed E-state index contributed by atoms with van der Waals surface area (Å²) in [5.74, 6) is 2.61. The Balaban J connectivity index is 1.97. The number of alkyl halides is 1. The summed E-state index contributed by atoms with van der Waals surface area (Å²) in [6, 6.07) is 0.405. The quantitative estimate of drug-likeness (QED) is 0.812. The van der Waals surface area contributed by atoms with Crippen molar-refractivity contribution in [3.05, 3.63) is 12.4 Å². The van der Waals surface area contributed by atoms with Gasteiger partial charge in [-0.2, -0.15) is 4.98 Å². The number of hydrogen-bond acceptors (Lipinski definition) is 4. The standard InChI is InChI=1S/C14H22ClN3O/c1-2-7-19-14-10-16-9-13(18-14)17-12-6-4-3-5-11(12)8-15/h9-12H,2-8H2,1H3,(H,17,18). The molecule has 0 spiro atoms. The van der Waals surface area contributed by atoms with Gasteiger partial charge in [0, 0.05) is 11.9 Å². The minimum absolute atomic E-state index is 0.405. The summed E-state index contributed by atoms with van der Waals surface area (Å²) in [5, 5.41) is 3.46. The van der Waals surface area contributed by atoms with Gasteiger partial charge in [-0.25, -0.2) is 0 Å². The highest BCUT2D eigenvalue weighted by molar-refractivity contribution is 6.18. The van der Waals surface area contributed by atoms with Crippen LogP contribution in [0.25, 0.3) is 0 Å². The molecule has 4 nitrogen and oxygen atoms in total. The Bertz CT molecular complexity index is 389. The van der Waals surface area contributed by atoms with Crippen LogP contribution in [0.1, 0.15) is 39.0 Å². The minimum atomic E-state index is 0.405. The molecule has 1 saturated carbocycles. The van der Waals surface area contributed by atoms with Gasteiger partial charge in [-0.15, -0.1) is 11.6 Å². The van der Waals surface area contributed by atoms with Crippen LogP contribution in [0.15, 0.2) is 12.4 Å². The van der Waals surface area contributed by atoms with Crippen molar-refractivity contribution >= 4 is 17.4 Å². The number of ether oxygens (including phenoxy) is 1. The molecule has 1 N–H and O–H groups in total. The van der Waals surface area contributed by atoms with Crippen molar-refractivity contribution < 1.29 is 4.74 Å². The number of aromatic nitrogens is 2. The third kappa shape index (κ3) is 4.23. The van der Waals surface area contributed by atoms with Crippen molar-refractivity contribution in [1.29, 1.82) is 0 Å². The van der Waals surface area contributed by atoms with E-state index in [2.05, 4.69) is 22.2 Å². The van der Waals surface area contributed by atoms with Crippen molar-refractivity contribution in [3.63, 3.8) is 0 Å². The summed E-state index contributed by atoms with van der Waals surface area (Å²) >= 11 is 6.04. The molecule has 1 heterocycles. The van der Waals surface area contributed by atoms with E-state index in [-0.39, 0.29) is 0 Å². The van der Waals surface area contributed by atoms with Crippen LogP contribution >= 0.6 is 11.6 Å². The van der Waals surface area contributed by atoms with Crippen molar-refractivity contribution in [2.24, 2.45) is 5.92 Å². The largest absolute Gasteiger partial charge is 0.477 e. The molecule has 2 atom stereocenters. The average molecular weight is 284 g/mol. The van der Waals surface area contributed by atoms with Crippen LogP contribution in [0.4, 0.5) is 5.82 Å². The van der Waals surface area contributed by atoms with Crippen LogP contribution in [0.2, 0.25) is 0 Å². The highest BCUT2D eigenvalue weighted by Gasteiger charge is 2.24. The van der Waals surface area contributed by atoms with E-state index < -0.39 is 0 Å². The first-order valence-corrected chi connectivity index (χ1v) is 7.64. The molecular weight excluding hydrogens is 262 g/mol. The van der Waals surface area contributed by atoms with E-state index in [0.29, 0.717) is 30.3 Å². The fraction of sp³-hybridized carbons (Fsp3) is 0.714. The van der Waals surface area contributed by atoms with Crippen LogP contribution in [0, 0.1) is 5.92 Å². The lowest BCUT2D eigenvalue weighted by Gasteiger charge is -2.31. The molecule has 1 aromatic rings. The van der Waals surface area contributed by atoms with E-state index in [4.69, 9.17) is 16.3 Å². The molecule has 0 radical (unpaired) electrons. The van der Waals surface area contributed by atoms with Gasteiger partial charge in [0.1, 0.15) is 5.82 Å². The molecule has 1 aliphatic carbocycles.